The summed E-state index contributed by atoms with van der Waals surface area (Å²) in [5.41, 5.74) is 1.44. The number of nitrogens with zero attached hydrogens (tertiary/aromatic N) is 1. The number of aliphatic hydroxyl groups is 1. The van der Waals surface area contributed by atoms with Gasteiger partial charge in [-0.15, -0.1) is 0 Å². The smallest absolute Gasteiger partial charge is 0.250 e. The van der Waals surface area contributed by atoms with Crippen molar-refractivity contribution in [2.75, 3.05) is 0 Å². The Bertz CT molecular complexity index is 649. The molecule has 1 amide bonds. The monoisotopic (exact) mass is 272 g/mol. The maximum absolute atomic E-state index is 11.8. The molecular formula is C15H16N2O3. The fourth-order valence-corrected chi connectivity index (χ4v) is 1.88. The van der Waals surface area contributed by atoms with Crippen LogP contribution in [0, 0.1) is 0 Å². The molecule has 1 aromatic heterocycles. The number of aromatic nitrogens is 1. The van der Waals surface area contributed by atoms with Crippen molar-refractivity contribution >= 4 is 5.91 Å². The number of pyridine rings is 1. The van der Waals surface area contributed by atoms with Crippen LogP contribution in [-0.2, 0) is 24.5 Å². The average molecular weight is 272 g/mol. The third kappa shape index (κ3) is 3.55. The van der Waals surface area contributed by atoms with Gasteiger partial charge >= 0.3 is 0 Å². The van der Waals surface area contributed by atoms with Crippen LogP contribution < -0.4 is 10.9 Å². The first-order valence-electron chi connectivity index (χ1n) is 6.30. The van der Waals surface area contributed by atoms with Crippen LogP contribution >= 0.6 is 0 Å². The molecule has 0 aliphatic carbocycles. The Labute approximate surface area is 116 Å². The molecule has 2 N–H and O–H groups in total. The number of nitrogens with one attached hydrogen (secondary N) is 1. The van der Waals surface area contributed by atoms with Gasteiger partial charge in [0.1, 0.15) is 6.54 Å². The molecule has 0 aliphatic rings. The van der Waals surface area contributed by atoms with E-state index in [9.17, 15) is 14.7 Å². The average Bonchev–Trinajstić information content (AvgIpc) is 2.48. The van der Waals surface area contributed by atoms with Gasteiger partial charge in [-0.1, -0.05) is 30.3 Å². The number of rotatable bonds is 5. The number of benzene rings is 1. The summed E-state index contributed by atoms with van der Waals surface area (Å²) in [6.07, 6.45) is 1.57. The third-order valence-corrected chi connectivity index (χ3v) is 2.98. The fourth-order valence-electron chi connectivity index (χ4n) is 1.88. The molecule has 0 bridgehead atoms. The lowest BCUT2D eigenvalue weighted by atomic mass is 10.1. The predicted octanol–water partition coefficient (Wildman–Crippen LogP) is 0.657. The number of carbonyl (C=O) groups excluding carboxylic acids is 1. The summed E-state index contributed by atoms with van der Waals surface area (Å²) < 4.78 is 1.34. The number of carbonyl (C=O) groups is 1. The Kier molecular flexibility index (Phi) is 4.68. The van der Waals surface area contributed by atoms with E-state index in [0.29, 0.717) is 6.54 Å². The second-order valence-electron chi connectivity index (χ2n) is 4.37. The predicted molar refractivity (Wildman–Crippen MR) is 74.9 cm³/mol. The zero-order valence-corrected chi connectivity index (χ0v) is 11.0. The van der Waals surface area contributed by atoms with Crippen LogP contribution in [0.25, 0.3) is 0 Å². The minimum absolute atomic E-state index is 0.0129. The molecule has 0 radical (unpaired) electrons. The Morgan fingerprint density at radius 2 is 1.80 bits per heavy atom. The van der Waals surface area contributed by atoms with Crippen molar-refractivity contribution in [3.05, 3.63) is 70.1 Å². The first-order chi connectivity index (χ1) is 9.70. The van der Waals surface area contributed by atoms with E-state index in [-0.39, 0.29) is 24.6 Å². The van der Waals surface area contributed by atoms with Gasteiger partial charge in [0.2, 0.25) is 5.91 Å². The zero-order chi connectivity index (χ0) is 14.4. The minimum Gasteiger partial charge on any atom is -0.392 e. The van der Waals surface area contributed by atoms with Crippen molar-refractivity contribution < 1.29 is 9.90 Å². The van der Waals surface area contributed by atoms with Gasteiger partial charge in [0, 0.05) is 18.8 Å². The maximum Gasteiger partial charge on any atom is 0.250 e. The molecule has 5 nitrogen and oxygen atoms in total. The molecule has 1 aromatic carbocycles. The van der Waals surface area contributed by atoms with Crippen molar-refractivity contribution in [2.45, 2.75) is 19.7 Å². The van der Waals surface area contributed by atoms with E-state index in [1.165, 1.54) is 10.6 Å². The molecular weight excluding hydrogens is 256 g/mol. The summed E-state index contributed by atoms with van der Waals surface area (Å²) in [5, 5.41) is 11.9. The van der Waals surface area contributed by atoms with E-state index in [1.807, 2.05) is 24.3 Å². The van der Waals surface area contributed by atoms with Crippen LogP contribution in [0.15, 0.2) is 53.5 Å². The van der Waals surface area contributed by atoms with E-state index in [0.717, 1.165) is 11.1 Å². The highest BCUT2D eigenvalue weighted by molar-refractivity contribution is 5.75. The van der Waals surface area contributed by atoms with Gasteiger partial charge in [0.25, 0.3) is 5.56 Å². The fraction of sp³-hybridized carbons (Fsp3) is 0.200. The summed E-state index contributed by atoms with van der Waals surface area (Å²) in [6.45, 7) is 0.252. The van der Waals surface area contributed by atoms with Crippen molar-refractivity contribution in [1.29, 1.82) is 0 Å². The lowest BCUT2D eigenvalue weighted by Crippen LogP contribution is -2.31. The number of hydrogen-bond donors (Lipinski definition) is 2. The van der Waals surface area contributed by atoms with Crippen molar-refractivity contribution in [2.24, 2.45) is 0 Å². The van der Waals surface area contributed by atoms with Crippen LogP contribution in [0.2, 0.25) is 0 Å². The second kappa shape index (κ2) is 6.68. The van der Waals surface area contributed by atoms with Gasteiger partial charge in [-0.05, 0) is 17.2 Å². The molecule has 2 rings (SSSR count). The number of aliphatic hydroxyl groups excluding tert-OH is 1. The first-order valence-corrected chi connectivity index (χ1v) is 6.30. The molecule has 1 heterocycles. The summed E-state index contributed by atoms with van der Waals surface area (Å²) in [7, 11) is 0. The summed E-state index contributed by atoms with van der Waals surface area (Å²) in [6, 6.07) is 12.1. The Morgan fingerprint density at radius 1 is 1.10 bits per heavy atom. The molecule has 5 heteroatoms. The van der Waals surface area contributed by atoms with E-state index >= 15 is 0 Å². The first kappa shape index (κ1) is 14.0. The molecule has 0 saturated heterocycles. The Morgan fingerprint density at radius 3 is 2.50 bits per heavy atom. The number of hydrogen-bond acceptors (Lipinski definition) is 3. The lowest BCUT2D eigenvalue weighted by Gasteiger charge is -2.09. The quantitative estimate of drug-likeness (QED) is 0.840. The van der Waals surface area contributed by atoms with Crippen LogP contribution in [0.5, 0.6) is 0 Å². The normalized spacial score (nSPS) is 10.2. The highest BCUT2D eigenvalue weighted by Crippen LogP contribution is 2.07. The Balaban J connectivity index is 1.96. The maximum atomic E-state index is 11.8. The molecule has 0 saturated carbocycles. The Hall–Kier alpha value is -2.40. The molecule has 0 aliphatic heterocycles. The van der Waals surface area contributed by atoms with Crippen LogP contribution in [-0.4, -0.2) is 15.6 Å². The van der Waals surface area contributed by atoms with Gasteiger partial charge in [-0.3, -0.25) is 9.59 Å². The molecule has 104 valence electrons. The second-order valence-corrected chi connectivity index (χ2v) is 4.37. The molecule has 20 heavy (non-hydrogen) atoms. The van der Waals surface area contributed by atoms with Crippen molar-refractivity contribution in [3.63, 3.8) is 0 Å². The van der Waals surface area contributed by atoms with Crippen LogP contribution in [0.3, 0.4) is 0 Å². The van der Waals surface area contributed by atoms with E-state index in [1.54, 1.807) is 18.3 Å². The SMILES string of the molecule is O=C(Cn1ccccc1=O)NCc1ccccc1CO. The van der Waals surface area contributed by atoms with E-state index in [4.69, 9.17) is 0 Å². The van der Waals surface area contributed by atoms with Gasteiger partial charge < -0.3 is 15.0 Å². The van der Waals surface area contributed by atoms with E-state index in [2.05, 4.69) is 5.32 Å². The van der Waals surface area contributed by atoms with Gasteiger partial charge in [-0.25, -0.2) is 0 Å². The summed E-state index contributed by atoms with van der Waals surface area (Å²) in [4.78, 5) is 23.3. The van der Waals surface area contributed by atoms with Crippen molar-refractivity contribution in [3.8, 4) is 0 Å². The van der Waals surface area contributed by atoms with E-state index < -0.39 is 0 Å². The largest absolute Gasteiger partial charge is 0.392 e. The van der Waals surface area contributed by atoms with Crippen LogP contribution in [0.1, 0.15) is 11.1 Å². The molecule has 0 atom stereocenters. The van der Waals surface area contributed by atoms with Crippen LogP contribution in [0.4, 0.5) is 0 Å². The molecule has 2 aromatic rings. The summed E-state index contributed by atoms with van der Waals surface area (Å²) in [5.74, 6) is -0.244. The highest BCUT2D eigenvalue weighted by atomic mass is 16.3. The van der Waals surface area contributed by atoms with Gasteiger partial charge in [0.15, 0.2) is 0 Å². The topological polar surface area (TPSA) is 71.3 Å². The standard InChI is InChI=1S/C15H16N2O3/c18-11-13-6-2-1-5-12(13)9-16-14(19)10-17-8-4-3-7-15(17)20/h1-8,18H,9-11H2,(H,16,19). The lowest BCUT2D eigenvalue weighted by molar-refractivity contribution is -0.121. The minimum atomic E-state index is -0.244. The van der Waals surface area contributed by atoms with Gasteiger partial charge in [-0.2, -0.15) is 0 Å². The zero-order valence-electron chi connectivity index (χ0n) is 11.0. The van der Waals surface area contributed by atoms with Crippen molar-refractivity contribution in [1.82, 2.24) is 9.88 Å². The number of amides is 1. The molecule has 0 spiro atoms. The van der Waals surface area contributed by atoms with Gasteiger partial charge in [0.05, 0.1) is 6.61 Å². The molecule has 0 unspecified atom stereocenters. The molecule has 0 fully saturated rings. The summed E-state index contributed by atoms with van der Waals surface area (Å²) >= 11 is 0. The third-order valence-electron chi connectivity index (χ3n) is 2.98. The highest BCUT2D eigenvalue weighted by Gasteiger charge is 2.05.